The lowest BCUT2D eigenvalue weighted by Crippen LogP contribution is -2.52. The maximum Gasteiger partial charge on any atom is 0.241 e. The number of sulfonamides is 2. The van der Waals surface area contributed by atoms with Gasteiger partial charge < -0.3 is 5.32 Å². The number of piperidine rings is 1. The van der Waals surface area contributed by atoms with E-state index in [2.05, 4.69) is 10.0 Å². The highest BCUT2D eigenvalue weighted by molar-refractivity contribution is 7.98. The van der Waals surface area contributed by atoms with Crippen LogP contribution >= 0.6 is 11.8 Å². The molecule has 1 heterocycles. The first kappa shape index (κ1) is 25.1. The normalized spacial score (nSPS) is 17.6. The largest absolute Gasteiger partial charge is 0.352 e. The van der Waals surface area contributed by atoms with Crippen LogP contribution in [-0.4, -0.2) is 70.0 Å². The number of thioether (sulfide) groups is 1. The Balaban J connectivity index is 2.02. The monoisotopic (exact) mass is 477 g/mol. The molecule has 1 aliphatic heterocycles. The lowest BCUT2D eigenvalue weighted by atomic mass is 10.1. The fraction of sp³-hybridized carbons (Fsp3) is 0.632. The average molecular weight is 478 g/mol. The van der Waals surface area contributed by atoms with Gasteiger partial charge in [-0.3, -0.25) is 4.79 Å². The van der Waals surface area contributed by atoms with Crippen molar-refractivity contribution >= 4 is 37.7 Å². The van der Waals surface area contributed by atoms with E-state index in [1.807, 2.05) is 13.2 Å². The molecule has 2 rings (SSSR count). The number of rotatable bonds is 10. The van der Waals surface area contributed by atoms with Gasteiger partial charge in [0, 0.05) is 19.1 Å². The third kappa shape index (κ3) is 6.94. The highest BCUT2D eigenvalue weighted by Gasteiger charge is 2.30. The van der Waals surface area contributed by atoms with E-state index in [9.17, 15) is 21.6 Å². The molecule has 1 unspecified atom stereocenters. The molecule has 8 nitrogen and oxygen atoms in total. The highest BCUT2D eigenvalue weighted by Crippen LogP contribution is 2.16. The SMILES string of the molecule is CCS(=O)(=O)N1CCC(NC(=O)C(CCSC)NS(=O)(=O)c2ccc(C)cc2)CC1. The van der Waals surface area contributed by atoms with Crippen LogP contribution < -0.4 is 10.0 Å². The van der Waals surface area contributed by atoms with Gasteiger partial charge in [-0.2, -0.15) is 16.5 Å². The number of nitrogens with zero attached hydrogens (tertiary/aromatic N) is 1. The minimum atomic E-state index is -3.83. The molecule has 170 valence electrons. The van der Waals surface area contributed by atoms with Crippen LogP contribution in [0.1, 0.15) is 31.7 Å². The number of nitrogens with one attached hydrogen (secondary N) is 2. The van der Waals surface area contributed by atoms with Crippen LogP contribution in [0.2, 0.25) is 0 Å². The van der Waals surface area contributed by atoms with Gasteiger partial charge in [0.15, 0.2) is 0 Å². The van der Waals surface area contributed by atoms with E-state index in [1.165, 1.54) is 28.2 Å². The van der Waals surface area contributed by atoms with Gasteiger partial charge in [0.1, 0.15) is 6.04 Å². The first-order valence-electron chi connectivity index (χ1n) is 9.95. The number of aryl methyl sites for hydroxylation is 1. The van der Waals surface area contributed by atoms with E-state index < -0.39 is 26.1 Å². The van der Waals surface area contributed by atoms with Gasteiger partial charge in [-0.05, 0) is 57.3 Å². The number of amides is 1. The number of hydrogen-bond acceptors (Lipinski definition) is 6. The summed E-state index contributed by atoms with van der Waals surface area (Å²) in [4.78, 5) is 13.0. The Morgan fingerprint density at radius 3 is 2.30 bits per heavy atom. The molecule has 0 aromatic heterocycles. The van der Waals surface area contributed by atoms with E-state index in [4.69, 9.17) is 0 Å². The Labute approximate surface area is 184 Å². The fourth-order valence-electron chi connectivity index (χ4n) is 3.21. The van der Waals surface area contributed by atoms with Gasteiger partial charge in [0.05, 0.1) is 10.6 Å². The predicted octanol–water partition coefficient (Wildman–Crippen LogP) is 1.33. The molecule has 1 atom stereocenters. The van der Waals surface area contributed by atoms with E-state index in [1.54, 1.807) is 19.1 Å². The lowest BCUT2D eigenvalue weighted by molar-refractivity contribution is -0.123. The summed E-state index contributed by atoms with van der Waals surface area (Å²) < 4.78 is 53.4. The van der Waals surface area contributed by atoms with Crippen LogP contribution in [0.4, 0.5) is 0 Å². The summed E-state index contributed by atoms with van der Waals surface area (Å²) in [6.45, 7) is 4.19. The van der Waals surface area contributed by atoms with Crippen molar-refractivity contribution < 1.29 is 21.6 Å². The van der Waals surface area contributed by atoms with Crippen molar-refractivity contribution in [1.29, 1.82) is 0 Å². The Bertz CT molecular complexity index is 909. The summed E-state index contributed by atoms with van der Waals surface area (Å²) in [6.07, 6.45) is 3.27. The second-order valence-electron chi connectivity index (χ2n) is 7.35. The Morgan fingerprint density at radius 2 is 1.77 bits per heavy atom. The summed E-state index contributed by atoms with van der Waals surface area (Å²) in [5.41, 5.74) is 0.946. The maximum absolute atomic E-state index is 12.8. The zero-order valence-electron chi connectivity index (χ0n) is 17.6. The van der Waals surface area contributed by atoms with Crippen molar-refractivity contribution in [3.8, 4) is 0 Å². The van der Waals surface area contributed by atoms with Gasteiger partial charge in [-0.15, -0.1) is 0 Å². The standard InChI is InChI=1S/C19H31N3O5S3/c1-4-29(24,25)22-12-9-16(10-13-22)20-19(23)18(11-14-28-3)21-30(26,27)17-7-5-15(2)6-8-17/h5-8,16,18,21H,4,9-14H2,1-3H3,(H,20,23). The first-order valence-corrected chi connectivity index (χ1v) is 14.4. The number of carbonyl (C=O) groups excluding carboxylic acids is 1. The molecular weight excluding hydrogens is 446 g/mol. The fourth-order valence-corrected chi connectivity index (χ4v) is 6.05. The van der Waals surface area contributed by atoms with Crippen LogP contribution in [0.3, 0.4) is 0 Å². The summed E-state index contributed by atoms with van der Waals surface area (Å²) in [6, 6.07) is 5.39. The molecule has 0 saturated carbocycles. The third-order valence-corrected chi connectivity index (χ3v) is 9.13. The van der Waals surface area contributed by atoms with Gasteiger partial charge in [0.25, 0.3) is 0 Å². The van der Waals surface area contributed by atoms with Gasteiger partial charge >= 0.3 is 0 Å². The number of carbonyl (C=O) groups is 1. The van der Waals surface area contributed by atoms with Crippen molar-refractivity contribution in [2.24, 2.45) is 0 Å². The zero-order chi connectivity index (χ0) is 22.4. The van der Waals surface area contributed by atoms with Crippen molar-refractivity contribution in [3.63, 3.8) is 0 Å². The van der Waals surface area contributed by atoms with Crippen molar-refractivity contribution in [1.82, 2.24) is 14.3 Å². The molecule has 1 amide bonds. The second-order valence-corrected chi connectivity index (χ2v) is 12.3. The molecule has 1 aromatic carbocycles. The van der Waals surface area contributed by atoms with Crippen molar-refractivity contribution in [3.05, 3.63) is 29.8 Å². The molecule has 1 aromatic rings. The topological polar surface area (TPSA) is 113 Å². The Morgan fingerprint density at radius 1 is 1.17 bits per heavy atom. The summed E-state index contributed by atoms with van der Waals surface area (Å²) in [5, 5.41) is 2.90. The average Bonchev–Trinajstić information content (AvgIpc) is 2.71. The van der Waals surface area contributed by atoms with Gasteiger partial charge in [0.2, 0.25) is 26.0 Å². The number of hydrogen-bond donors (Lipinski definition) is 2. The van der Waals surface area contributed by atoms with E-state index in [0.29, 0.717) is 38.1 Å². The molecule has 0 radical (unpaired) electrons. The molecule has 1 saturated heterocycles. The zero-order valence-corrected chi connectivity index (χ0v) is 20.1. The molecule has 0 spiro atoms. The molecule has 30 heavy (non-hydrogen) atoms. The van der Waals surface area contributed by atoms with E-state index in [0.717, 1.165) is 5.56 Å². The van der Waals surface area contributed by atoms with Crippen molar-refractivity contribution in [2.45, 2.75) is 50.1 Å². The van der Waals surface area contributed by atoms with Crippen LogP contribution in [0, 0.1) is 6.92 Å². The van der Waals surface area contributed by atoms with Crippen LogP contribution in [0.25, 0.3) is 0 Å². The summed E-state index contributed by atoms with van der Waals surface area (Å²) in [5.74, 6) is 0.306. The van der Waals surface area contributed by atoms with Gasteiger partial charge in [-0.1, -0.05) is 17.7 Å². The second kappa shape index (κ2) is 10.9. The maximum atomic E-state index is 12.8. The minimum Gasteiger partial charge on any atom is -0.352 e. The summed E-state index contributed by atoms with van der Waals surface area (Å²) in [7, 11) is -7.06. The minimum absolute atomic E-state index is 0.0571. The Kier molecular flexibility index (Phi) is 9.16. The predicted molar refractivity (Wildman–Crippen MR) is 120 cm³/mol. The van der Waals surface area contributed by atoms with Gasteiger partial charge in [-0.25, -0.2) is 21.1 Å². The number of benzene rings is 1. The van der Waals surface area contributed by atoms with Crippen LogP contribution in [0.15, 0.2) is 29.2 Å². The van der Waals surface area contributed by atoms with Crippen LogP contribution in [-0.2, 0) is 24.8 Å². The quantitative estimate of drug-likeness (QED) is 0.526. The molecule has 11 heteroatoms. The molecule has 1 aliphatic rings. The highest BCUT2D eigenvalue weighted by atomic mass is 32.2. The molecule has 0 bridgehead atoms. The summed E-state index contributed by atoms with van der Waals surface area (Å²) >= 11 is 1.53. The molecule has 2 N–H and O–H groups in total. The molecule has 0 aliphatic carbocycles. The van der Waals surface area contributed by atoms with E-state index in [-0.39, 0.29) is 22.6 Å². The smallest absolute Gasteiger partial charge is 0.241 e. The third-order valence-electron chi connectivity index (χ3n) is 5.11. The van der Waals surface area contributed by atoms with Crippen LogP contribution in [0.5, 0.6) is 0 Å². The lowest BCUT2D eigenvalue weighted by Gasteiger charge is -2.32. The molecular formula is C19H31N3O5S3. The van der Waals surface area contributed by atoms with Crippen molar-refractivity contribution in [2.75, 3.05) is 30.9 Å². The Hall–Kier alpha value is -1.14. The van der Waals surface area contributed by atoms with E-state index >= 15 is 0 Å². The molecule has 1 fully saturated rings. The first-order chi connectivity index (χ1) is 14.1.